The molecule has 1 aliphatic rings. The molecule has 1 aliphatic heterocycles. The van der Waals surface area contributed by atoms with E-state index in [1.165, 1.54) is 0 Å². The molecule has 0 amide bonds. The van der Waals surface area contributed by atoms with E-state index in [2.05, 4.69) is 12.2 Å². The Labute approximate surface area is 97.1 Å². The van der Waals surface area contributed by atoms with Gasteiger partial charge in [0.2, 0.25) is 0 Å². The van der Waals surface area contributed by atoms with Crippen molar-refractivity contribution < 1.29 is 18.3 Å². The number of hydrogen-bond donors (Lipinski definition) is 2. The van der Waals surface area contributed by atoms with Gasteiger partial charge in [0.1, 0.15) is 0 Å². The fraction of sp³-hybridized carbons (Fsp3) is 1.00. The molecule has 1 heterocycles. The van der Waals surface area contributed by atoms with Crippen molar-refractivity contribution in [2.45, 2.75) is 31.9 Å². The molecule has 1 rings (SSSR count). The SMILES string of the molecule is CCCOCCCNC1CS(=O)(=O)CC1O. The first kappa shape index (κ1) is 13.9. The summed E-state index contributed by atoms with van der Waals surface area (Å²) in [6.07, 6.45) is 1.08. The topological polar surface area (TPSA) is 75.6 Å². The monoisotopic (exact) mass is 251 g/mol. The van der Waals surface area contributed by atoms with Crippen LogP contribution < -0.4 is 5.32 Å². The lowest BCUT2D eigenvalue weighted by molar-refractivity contribution is 0.127. The standard InChI is InChI=1S/C10H21NO4S/c1-2-5-15-6-3-4-11-9-7-16(13,14)8-10(9)12/h9-12H,2-8H2,1H3. The number of aliphatic hydroxyl groups is 1. The first-order valence-electron chi connectivity index (χ1n) is 5.75. The molecule has 0 aromatic heterocycles. The summed E-state index contributed by atoms with van der Waals surface area (Å²) in [4.78, 5) is 0. The van der Waals surface area contributed by atoms with Gasteiger partial charge in [-0.3, -0.25) is 0 Å². The summed E-state index contributed by atoms with van der Waals surface area (Å²) in [5.41, 5.74) is 0. The van der Waals surface area contributed by atoms with E-state index in [0.29, 0.717) is 13.2 Å². The molecule has 2 N–H and O–H groups in total. The molecule has 2 unspecified atom stereocenters. The molecule has 0 radical (unpaired) electrons. The third-order valence-electron chi connectivity index (χ3n) is 2.54. The van der Waals surface area contributed by atoms with Crippen molar-refractivity contribution in [1.29, 1.82) is 0 Å². The minimum atomic E-state index is -3.04. The van der Waals surface area contributed by atoms with Gasteiger partial charge in [0.05, 0.1) is 17.6 Å². The Morgan fingerprint density at radius 1 is 1.38 bits per heavy atom. The zero-order valence-corrected chi connectivity index (χ0v) is 10.5. The van der Waals surface area contributed by atoms with Gasteiger partial charge in [-0.05, 0) is 19.4 Å². The zero-order chi connectivity index (χ0) is 12.0. The summed E-state index contributed by atoms with van der Waals surface area (Å²) < 4.78 is 27.7. The lowest BCUT2D eigenvalue weighted by atomic mass is 10.2. The first-order valence-corrected chi connectivity index (χ1v) is 7.57. The maximum Gasteiger partial charge on any atom is 0.154 e. The lowest BCUT2D eigenvalue weighted by Gasteiger charge is -2.14. The molecule has 2 atom stereocenters. The van der Waals surface area contributed by atoms with Crippen LogP contribution in [0.4, 0.5) is 0 Å². The Morgan fingerprint density at radius 2 is 2.12 bits per heavy atom. The summed E-state index contributed by atoms with van der Waals surface area (Å²) in [7, 11) is -3.04. The minimum Gasteiger partial charge on any atom is -0.390 e. The van der Waals surface area contributed by atoms with Gasteiger partial charge in [-0.2, -0.15) is 0 Å². The van der Waals surface area contributed by atoms with Crippen LogP contribution in [0.5, 0.6) is 0 Å². The van der Waals surface area contributed by atoms with E-state index in [0.717, 1.165) is 19.4 Å². The Kier molecular flexibility index (Phi) is 5.68. The van der Waals surface area contributed by atoms with Gasteiger partial charge in [-0.15, -0.1) is 0 Å². The molecule has 16 heavy (non-hydrogen) atoms. The van der Waals surface area contributed by atoms with Gasteiger partial charge < -0.3 is 15.2 Å². The number of ether oxygens (including phenoxy) is 1. The Balaban J connectivity index is 2.10. The van der Waals surface area contributed by atoms with Gasteiger partial charge in [0.25, 0.3) is 0 Å². The summed E-state index contributed by atoms with van der Waals surface area (Å²) in [5.74, 6) is -0.0685. The van der Waals surface area contributed by atoms with Crippen LogP contribution in [-0.4, -0.2) is 56.9 Å². The second kappa shape index (κ2) is 6.54. The maximum atomic E-state index is 11.2. The summed E-state index contributed by atoms with van der Waals surface area (Å²) in [5, 5.41) is 12.5. The van der Waals surface area contributed by atoms with E-state index in [4.69, 9.17) is 4.74 Å². The summed E-state index contributed by atoms with van der Waals surface area (Å²) in [6.45, 7) is 4.18. The van der Waals surface area contributed by atoms with Crippen LogP contribution in [0.2, 0.25) is 0 Å². The zero-order valence-electron chi connectivity index (χ0n) is 9.68. The highest BCUT2D eigenvalue weighted by Gasteiger charge is 2.35. The first-order chi connectivity index (χ1) is 7.55. The molecule has 1 saturated heterocycles. The van der Waals surface area contributed by atoms with Crippen LogP contribution in [0.3, 0.4) is 0 Å². The van der Waals surface area contributed by atoms with Crippen LogP contribution in [0.25, 0.3) is 0 Å². The smallest absolute Gasteiger partial charge is 0.154 e. The third-order valence-corrected chi connectivity index (χ3v) is 4.26. The quantitative estimate of drug-likeness (QED) is 0.599. The minimum absolute atomic E-state index is 0.0456. The average molecular weight is 251 g/mol. The predicted molar refractivity (Wildman–Crippen MR) is 62.2 cm³/mol. The molecule has 0 aromatic carbocycles. The van der Waals surface area contributed by atoms with Gasteiger partial charge in [0.15, 0.2) is 9.84 Å². The molecule has 0 aromatic rings. The van der Waals surface area contributed by atoms with Crippen molar-refractivity contribution in [1.82, 2.24) is 5.32 Å². The van der Waals surface area contributed by atoms with E-state index in [9.17, 15) is 13.5 Å². The van der Waals surface area contributed by atoms with E-state index >= 15 is 0 Å². The fourth-order valence-electron chi connectivity index (χ4n) is 1.73. The van der Waals surface area contributed by atoms with Crippen LogP contribution in [-0.2, 0) is 14.6 Å². The second-order valence-corrected chi connectivity index (χ2v) is 6.32. The van der Waals surface area contributed by atoms with Crippen molar-refractivity contribution in [3.05, 3.63) is 0 Å². The Hall–Kier alpha value is -0.170. The Bertz CT molecular complexity index is 291. The second-order valence-electron chi connectivity index (χ2n) is 4.17. The van der Waals surface area contributed by atoms with Crippen molar-refractivity contribution in [3.8, 4) is 0 Å². The van der Waals surface area contributed by atoms with Crippen LogP contribution >= 0.6 is 0 Å². The van der Waals surface area contributed by atoms with Gasteiger partial charge in [-0.25, -0.2) is 8.42 Å². The van der Waals surface area contributed by atoms with Crippen LogP contribution in [0.1, 0.15) is 19.8 Å². The molecule has 6 heteroatoms. The van der Waals surface area contributed by atoms with Crippen LogP contribution in [0, 0.1) is 0 Å². The predicted octanol–water partition coefficient (Wildman–Crippen LogP) is -0.449. The van der Waals surface area contributed by atoms with Crippen molar-refractivity contribution in [3.63, 3.8) is 0 Å². The molecular formula is C10H21NO4S. The molecule has 0 saturated carbocycles. The lowest BCUT2D eigenvalue weighted by Crippen LogP contribution is -2.39. The molecule has 0 spiro atoms. The van der Waals surface area contributed by atoms with Gasteiger partial charge in [0, 0.05) is 19.3 Å². The fourth-order valence-corrected chi connectivity index (χ4v) is 3.51. The van der Waals surface area contributed by atoms with E-state index in [1.54, 1.807) is 0 Å². The number of hydrogen-bond acceptors (Lipinski definition) is 5. The molecule has 96 valence electrons. The molecule has 1 fully saturated rings. The number of aliphatic hydroxyl groups excluding tert-OH is 1. The number of nitrogens with one attached hydrogen (secondary N) is 1. The Morgan fingerprint density at radius 3 is 2.69 bits per heavy atom. The molecule has 0 aliphatic carbocycles. The highest BCUT2D eigenvalue weighted by Crippen LogP contribution is 2.12. The maximum absolute atomic E-state index is 11.2. The van der Waals surface area contributed by atoms with Crippen molar-refractivity contribution >= 4 is 9.84 Å². The normalized spacial score (nSPS) is 28.4. The van der Waals surface area contributed by atoms with E-state index in [1.807, 2.05) is 0 Å². The summed E-state index contributed by atoms with van der Waals surface area (Å²) in [6, 6.07) is -0.309. The highest BCUT2D eigenvalue weighted by molar-refractivity contribution is 7.91. The molecular weight excluding hydrogens is 230 g/mol. The molecule has 5 nitrogen and oxygen atoms in total. The van der Waals surface area contributed by atoms with Gasteiger partial charge in [-0.1, -0.05) is 6.92 Å². The largest absolute Gasteiger partial charge is 0.390 e. The molecule has 0 bridgehead atoms. The number of sulfone groups is 1. The van der Waals surface area contributed by atoms with Gasteiger partial charge >= 0.3 is 0 Å². The van der Waals surface area contributed by atoms with Crippen LogP contribution in [0.15, 0.2) is 0 Å². The van der Waals surface area contributed by atoms with E-state index < -0.39 is 15.9 Å². The third kappa shape index (κ3) is 4.78. The van der Waals surface area contributed by atoms with E-state index in [-0.39, 0.29) is 17.5 Å². The summed E-state index contributed by atoms with van der Waals surface area (Å²) >= 11 is 0. The highest BCUT2D eigenvalue weighted by atomic mass is 32.2. The van der Waals surface area contributed by atoms with Crippen molar-refractivity contribution in [2.24, 2.45) is 0 Å². The average Bonchev–Trinajstić information content (AvgIpc) is 2.45. The van der Waals surface area contributed by atoms with Crippen molar-refractivity contribution in [2.75, 3.05) is 31.3 Å². The number of rotatable bonds is 7.